The standard InChI is InChI=1S/C13H16BrN3O4S/c1-20-11-3-4-12(21-2)13(7-11)22(18,19)16-5-6-17-9-10(14)8-15-17/h3-4,7-9,16H,5-6H2,1-2H3. The summed E-state index contributed by atoms with van der Waals surface area (Å²) in [5, 5.41) is 4.06. The Morgan fingerprint density at radius 2 is 2.09 bits per heavy atom. The molecule has 120 valence electrons. The maximum Gasteiger partial charge on any atom is 0.244 e. The van der Waals surface area contributed by atoms with Crippen LogP contribution in [0.1, 0.15) is 0 Å². The molecule has 0 bridgehead atoms. The van der Waals surface area contributed by atoms with E-state index in [0.29, 0.717) is 12.3 Å². The van der Waals surface area contributed by atoms with Gasteiger partial charge in [0.2, 0.25) is 10.0 Å². The highest BCUT2D eigenvalue weighted by Gasteiger charge is 2.20. The topological polar surface area (TPSA) is 82.5 Å². The van der Waals surface area contributed by atoms with Crippen LogP contribution in [0, 0.1) is 0 Å². The number of ether oxygens (including phenoxy) is 2. The van der Waals surface area contributed by atoms with Crippen molar-refractivity contribution in [1.29, 1.82) is 0 Å². The molecule has 0 unspecified atom stereocenters. The second-order valence-electron chi connectivity index (χ2n) is 4.34. The Balaban J connectivity index is 2.12. The van der Waals surface area contributed by atoms with Crippen molar-refractivity contribution in [3.63, 3.8) is 0 Å². The number of benzene rings is 1. The number of aromatic nitrogens is 2. The largest absolute Gasteiger partial charge is 0.497 e. The highest BCUT2D eigenvalue weighted by atomic mass is 79.9. The van der Waals surface area contributed by atoms with Crippen molar-refractivity contribution >= 4 is 26.0 Å². The van der Waals surface area contributed by atoms with Gasteiger partial charge in [-0.2, -0.15) is 5.10 Å². The molecule has 0 aliphatic carbocycles. The molecule has 0 saturated heterocycles. The van der Waals surface area contributed by atoms with E-state index in [1.54, 1.807) is 29.2 Å². The van der Waals surface area contributed by atoms with E-state index in [1.807, 2.05) is 0 Å². The number of rotatable bonds is 7. The molecule has 0 atom stereocenters. The van der Waals surface area contributed by atoms with Crippen molar-refractivity contribution in [1.82, 2.24) is 14.5 Å². The maximum atomic E-state index is 12.4. The fourth-order valence-electron chi connectivity index (χ4n) is 1.83. The molecule has 0 spiro atoms. The van der Waals surface area contributed by atoms with Crippen LogP contribution in [0.2, 0.25) is 0 Å². The lowest BCUT2D eigenvalue weighted by Gasteiger charge is -2.12. The molecular weight excluding hydrogens is 374 g/mol. The number of nitrogens with zero attached hydrogens (tertiary/aromatic N) is 2. The van der Waals surface area contributed by atoms with Gasteiger partial charge in [0.1, 0.15) is 16.4 Å². The van der Waals surface area contributed by atoms with E-state index in [2.05, 4.69) is 25.8 Å². The molecule has 0 amide bonds. The van der Waals surface area contributed by atoms with Crippen molar-refractivity contribution in [3.05, 3.63) is 35.1 Å². The molecule has 0 fully saturated rings. The van der Waals surface area contributed by atoms with Gasteiger partial charge in [0.25, 0.3) is 0 Å². The monoisotopic (exact) mass is 389 g/mol. The van der Waals surface area contributed by atoms with Crippen LogP contribution in [-0.2, 0) is 16.6 Å². The van der Waals surface area contributed by atoms with Gasteiger partial charge < -0.3 is 9.47 Å². The summed E-state index contributed by atoms with van der Waals surface area (Å²) in [5.74, 6) is 0.701. The lowest BCUT2D eigenvalue weighted by atomic mass is 10.3. The van der Waals surface area contributed by atoms with Gasteiger partial charge in [0.15, 0.2) is 0 Å². The van der Waals surface area contributed by atoms with Gasteiger partial charge >= 0.3 is 0 Å². The average Bonchev–Trinajstić information content (AvgIpc) is 2.91. The lowest BCUT2D eigenvalue weighted by Crippen LogP contribution is -2.28. The average molecular weight is 390 g/mol. The predicted molar refractivity (Wildman–Crippen MR) is 84.7 cm³/mol. The van der Waals surface area contributed by atoms with Crippen molar-refractivity contribution < 1.29 is 17.9 Å². The Morgan fingerprint density at radius 3 is 2.68 bits per heavy atom. The van der Waals surface area contributed by atoms with Crippen LogP contribution in [0.3, 0.4) is 0 Å². The third-order valence-corrected chi connectivity index (χ3v) is 4.79. The van der Waals surface area contributed by atoms with Gasteiger partial charge in [-0.25, -0.2) is 13.1 Å². The summed E-state index contributed by atoms with van der Waals surface area (Å²) >= 11 is 3.28. The molecule has 1 aromatic heterocycles. The number of hydrogen-bond donors (Lipinski definition) is 1. The first-order valence-corrected chi connectivity index (χ1v) is 8.63. The molecule has 0 aliphatic rings. The Morgan fingerprint density at radius 1 is 1.32 bits per heavy atom. The zero-order valence-corrected chi connectivity index (χ0v) is 14.5. The Kier molecular flexibility index (Phi) is 5.43. The maximum absolute atomic E-state index is 12.4. The normalized spacial score (nSPS) is 11.4. The Bertz CT molecular complexity index is 745. The molecule has 2 rings (SSSR count). The number of sulfonamides is 1. The van der Waals surface area contributed by atoms with E-state index in [4.69, 9.17) is 9.47 Å². The quantitative estimate of drug-likeness (QED) is 0.778. The molecule has 0 saturated carbocycles. The van der Waals surface area contributed by atoms with E-state index in [-0.39, 0.29) is 17.2 Å². The third kappa shape index (κ3) is 3.99. The molecule has 9 heteroatoms. The summed E-state index contributed by atoms with van der Waals surface area (Å²) in [5.41, 5.74) is 0. The van der Waals surface area contributed by atoms with Crippen molar-refractivity contribution in [2.45, 2.75) is 11.4 Å². The minimum absolute atomic E-state index is 0.0380. The summed E-state index contributed by atoms with van der Waals surface area (Å²) in [6.45, 7) is 0.619. The fourth-order valence-corrected chi connectivity index (χ4v) is 3.36. The number of nitrogens with one attached hydrogen (secondary N) is 1. The Hall–Kier alpha value is -1.58. The van der Waals surface area contributed by atoms with Gasteiger partial charge in [0.05, 0.1) is 31.4 Å². The first kappa shape index (κ1) is 16.8. The van der Waals surface area contributed by atoms with E-state index in [1.165, 1.54) is 20.3 Å². The van der Waals surface area contributed by atoms with Gasteiger partial charge in [-0.05, 0) is 28.1 Å². The van der Waals surface area contributed by atoms with Crippen LogP contribution in [0.25, 0.3) is 0 Å². The van der Waals surface area contributed by atoms with Crippen LogP contribution in [0.4, 0.5) is 0 Å². The first-order valence-electron chi connectivity index (χ1n) is 6.36. The highest BCUT2D eigenvalue weighted by molar-refractivity contribution is 9.10. The predicted octanol–water partition coefficient (Wildman–Crippen LogP) is 1.64. The zero-order valence-electron chi connectivity index (χ0n) is 12.1. The molecule has 2 aromatic rings. The molecule has 1 aromatic carbocycles. The third-order valence-electron chi connectivity index (χ3n) is 2.90. The van der Waals surface area contributed by atoms with Gasteiger partial charge in [-0.3, -0.25) is 4.68 Å². The SMILES string of the molecule is COc1ccc(OC)c(S(=O)(=O)NCCn2cc(Br)cn2)c1. The van der Waals surface area contributed by atoms with Crippen molar-refractivity contribution in [2.24, 2.45) is 0 Å². The van der Waals surface area contributed by atoms with Gasteiger partial charge in [0, 0.05) is 18.8 Å². The first-order chi connectivity index (χ1) is 10.5. The second-order valence-corrected chi connectivity index (χ2v) is 6.99. The molecule has 22 heavy (non-hydrogen) atoms. The van der Waals surface area contributed by atoms with E-state index in [9.17, 15) is 8.42 Å². The molecular formula is C13H16BrN3O4S. The van der Waals surface area contributed by atoms with E-state index >= 15 is 0 Å². The molecule has 0 aliphatic heterocycles. The number of hydrogen-bond acceptors (Lipinski definition) is 5. The molecule has 7 nitrogen and oxygen atoms in total. The van der Waals surface area contributed by atoms with Crippen LogP contribution >= 0.6 is 15.9 Å². The van der Waals surface area contributed by atoms with Crippen molar-refractivity contribution in [3.8, 4) is 11.5 Å². The minimum Gasteiger partial charge on any atom is -0.497 e. The van der Waals surface area contributed by atoms with Crippen LogP contribution in [0.5, 0.6) is 11.5 Å². The Labute approximate surface area is 137 Å². The van der Waals surface area contributed by atoms with Gasteiger partial charge in [-0.1, -0.05) is 0 Å². The fraction of sp³-hybridized carbons (Fsp3) is 0.308. The van der Waals surface area contributed by atoms with Gasteiger partial charge in [-0.15, -0.1) is 0 Å². The van der Waals surface area contributed by atoms with Crippen LogP contribution in [-0.4, -0.2) is 39.0 Å². The van der Waals surface area contributed by atoms with Crippen LogP contribution in [0.15, 0.2) is 40.0 Å². The summed E-state index contributed by atoms with van der Waals surface area (Å²) < 4.78 is 39.9. The molecule has 1 heterocycles. The second kappa shape index (κ2) is 7.12. The summed E-state index contributed by atoms with van der Waals surface area (Å²) in [7, 11) is -0.815. The van der Waals surface area contributed by atoms with E-state index < -0.39 is 10.0 Å². The number of methoxy groups -OCH3 is 2. The summed E-state index contributed by atoms with van der Waals surface area (Å²) in [6, 6.07) is 4.61. The smallest absolute Gasteiger partial charge is 0.244 e. The molecule has 0 radical (unpaired) electrons. The highest BCUT2D eigenvalue weighted by Crippen LogP contribution is 2.27. The van der Waals surface area contributed by atoms with E-state index in [0.717, 1.165) is 4.47 Å². The van der Waals surface area contributed by atoms with Crippen molar-refractivity contribution in [2.75, 3.05) is 20.8 Å². The minimum atomic E-state index is -3.71. The molecule has 1 N–H and O–H groups in total. The number of halogens is 1. The lowest BCUT2D eigenvalue weighted by molar-refractivity contribution is 0.392. The summed E-state index contributed by atoms with van der Waals surface area (Å²) in [4.78, 5) is 0.0380. The zero-order chi connectivity index (χ0) is 16.2. The summed E-state index contributed by atoms with van der Waals surface area (Å²) in [6.07, 6.45) is 3.40. The van der Waals surface area contributed by atoms with Crippen LogP contribution < -0.4 is 14.2 Å².